The van der Waals surface area contributed by atoms with Crippen molar-refractivity contribution in [3.05, 3.63) is 105 Å². The minimum atomic E-state index is -0.762. The zero-order valence-corrected chi connectivity index (χ0v) is 20.7. The molecule has 4 aromatic carbocycles. The molecule has 0 unspecified atom stereocenters. The maximum absolute atomic E-state index is 12.3. The predicted molar refractivity (Wildman–Crippen MR) is 146 cm³/mol. The summed E-state index contributed by atoms with van der Waals surface area (Å²) in [6.45, 7) is 2.04. The monoisotopic (exact) mass is 529 g/mol. The third kappa shape index (κ3) is 6.63. The molecule has 0 bridgehead atoms. The van der Waals surface area contributed by atoms with Crippen molar-refractivity contribution in [2.75, 3.05) is 18.5 Å². The Hall–Kier alpha value is -5.52. The number of fused-ring (bicyclic) bond motifs is 1. The van der Waals surface area contributed by atoms with Crippen LogP contribution in [-0.2, 0) is 4.79 Å². The number of amides is 1. The molecule has 4 aromatic rings. The number of ether oxygens (including phenoxy) is 2. The van der Waals surface area contributed by atoms with Gasteiger partial charge in [-0.25, -0.2) is 5.43 Å². The number of non-ortho nitro benzene ring substituents is 1. The molecule has 2 N–H and O–H groups in total. The van der Waals surface area contributed by atoms with Gasteiger partial charge in [0.25, 0.3) is 11.6 Å². The van der Waals surface area contributed by atoms with Crippen molar-refractivity contribution in [3.8, 4) is 17.2 Å². The van der Waals surface area contributed by atoms with E-state index in [0.717, 1.165) is 34.7 Å². The Bertz CT molecular complexity index is 1570. The van der Waals surface area contributed by atoms with E-state index in [4.69, 9.17) is 9.47 Å². The smallest absolute Gasteiger partial charge is 0.318 e. The molecule has 39 heavy (non-hydrogen) atoms. The van der Waals surface area contributed by atoms with Crippen LogP contribution in [0.3, 0.4) is 0 Å². The van der Waals surface area contributed by atoms with Gasteiger partial charge in [-0.2, -0.15) is 5.10 Å². The molecule has 0 aromatic heterocycles. The molecule has 1 amide bonds. The lowest BCUT2D eigenvalue weighted by Crippen LogP contribution is -2.25. The van der Waals surface area contributed by atoms with Crippen molar-refractivity contribution in [1.82, 2.24) is 5.43 Å². The third-order valence-corrected chi connectivity index (χ3v) is 5.47. The summed E-state index contributed by atoms with van der Waals surface area (Å²) in [5, 5.41) is 31.6. The number of hydrogen-bond acceptors (Lipinski definition) is 9. The molecular formula is C27H23N5O7. The van der Waals surface area contributed by atoms with Gasteiger partial charge in [0.15, 0.2) is 11.5 Å². The van der Waals surface area contributed by atoms with Gasteiger partial charge in [0, 0.05) is 17.1 Å². The summed E-state index contributed by atoms with van der Waals surface area (Å²) < 4.78 is 11.3. The number of carbonyl (C=O) groups is 1. The lowest BCUT2D eigenvalue weighted by atomic mass is 10.1. The minimum absolute atomic E-state index is 0.0103. The lowest BCUT2D eigenvalue weighted by Gasteiger charge is -2.12. The molecule has 12 heteroatoms. The zero-order valence-electron chi connectivity index (χ0n) is 20.7. The van der Waals surface area contributed by atoms with Crippen LogP contribution in [0.25, 0.3) is 10.8 Å². The highest BCUT2D eigenvalue weighted by molar-refractivity contribution is 5.95. The highest BCUT2D eigenvalue weighted by Gasteiger charge is 2.22. The first-order valence-corrected chi connectivity index (χ1v) is 11.8. The van der Waals surface area contributed by atoms with Gasteiger partial charge in [-0.3, -0.25) is 25.0 Å². The van der Waals surface area contributed by atoms with Crippen molar-refractivity contribution >= 4 is 40.0 Å². The van der Waals surface area contributed by atoms with E-state index in [-0.39, 0.29) is 36.3 Å². The second kappa shape index (κ2) is 12.1. The van der Waals surface area contributed by atoms with Crippen LogP contribution in [0.1, 0.15) is 12.5 Å². The molecule has 0 heterocycles. The fraction of sp³-hybridized carbons (Fsp3) is 0.111. The molecule has 0 aliphatic rings. The number of hydrazone groups is 1. The average Bonchev–Trinajstić information content (AvgIpc) is 2.93. The molecular weight excluding hydrogens is 506 g/mol. The molecule has 0 spiro atoms. The number of nitro groups is 2. The van der Waals surface area contributed by atoms with Gasteiger partial charge in [0.2, 0.25) is 5.75 Å². The van der Waals surface area contributed by atoms with Crippen LogP contribution in [0.5, 0.6) is 17.2 Å². The lowest BCUT2D eigenvalue weighted by molar-refractivity contribution is -0.394. The second-order valence-corrected chi connectivity index (χ2v) is 8.08. The molecule has 0 saturated carbocycles. The summed E-state index contributed by atoms with van der Waals surface area (Å²) in [6.07, 6.45) is 1.41. The van der Waals surface area contributed by atoms with Crippen molar-refractivity contribution in [2.24, 2.45) is 5.10 Å². The van der Waals surface area contributed by atoms with Gasteiger partial charge in [-0.1, -0.05) is 36.4 Å². The van der Waals surface area contributed by atoms with Crippen LogP contribution in [0.4, 0.5) is 17.1 Å². The van der Waals surface area contributed by atoms with Crippen molar-refractivity contribution in [1.29, 1.82) is 0 Å². The molecule has 198 valence electrons. The number of hydrogen-bond donors (Lipinski definition) is 2. The maximum atomic E-state index is 12.3. The fourth-order valence-corrected chi connectivity index (χ4v) is 3.70. The summed E-state index contributed by atoms with van der Waals surface area (Å²) in [5.74, 6) is -0.110. The van der Waals surface area contributed by atoms with Gasteiger partial charge in [-0.15, -0.1) is 0 Å². The summed E-state index contributed by atoms with van der Waals surface area (Å²) in [7, 11) is 0. The third-order valence-electron chi connectivity index (χ3n) is 5.47. The number of nitro benzene ring substituents is 2. The molecule has 0 aliphatic carbocycles. The molecule has 12 nitrogen and oxygen atoms in total. The highest BCUT2D eigenvalue weighted by atomic mass is 16.6. The first-order chi connectivity index (χ1) is 18.9. The number of nitrogens with zero attached hydrogens (tertiary/aromatic N) is 3. The van der Waals surface area contributed by atoms with Crippen molar-refractivity contribution in [2.45, 2.75) is 6.92 Å². The van der Waals surface area contributed by atoms with Crippen LogP contribution < -0.4 is 20.2 Å². The summed E-state index contributed by atoms with van der Waals surface area (Å²) in [6, 6.07) is 21.4. The van der Waals surface area contributed by atoms with Gasteiger partial charge in [0.1, 0.15) is 0 Å². The minimum Gasteiger partial charge on any atom is -0.490 e. The zero-order chi connectivity index (χ0) is 27.8. The first kappa shape index (κ1) is 26.5. The fourth-order valence-electron chi connectivity index (χ4n) is 3.70. The van der Waals surface area contributed by atoms with Crippen LogP contribution in [0, 0.1) is 20.2 Å². The number of anilines is 1. The highest BCUT2D eigenvalue weighted by Crippen LogP contribution is 2.38. The normalized spacial score (nSPS) is 10.8. The van der Waals surface area contributed by atoms with E-state index in [0.29, 0.717) is 5.56 Å². The average molecular weight is 530 g/mol. The van der Waals surface area contributed by atoms with E-state index in [9.17, 15) is 25.0 Å². The summed E-state index contributed by atoms with van der Waals surface area (Å²) in [4.78, 5) is 33.2. The van der Waals surface area contributed by atoms with Crippen LogP contribution >= 0.6 is 0 Å². The number of nitrogens with one attached hydrogen (secondary N) is 2. The van der Waals surface area contributed by atoms with E-state index in [1.54, 1.807) is 19.1 Å². The Kier molecular flexibility index (Phi) is 8.27. The number of benzene rings is 4. The van der Waals surface area contributed by atoms with Crippen LogP contribution in [0.2, 0.25) is 0 Å². The first-order valence-electron chi connectivity index (χ1n) is 11.8. The molecule has 4 rings (SSSR count). The summed E-state index contributed by atoms with van der Waals surface area (Å²) in [5.41, 5.74) is 2.86. The van der Waals surface area contributed by atoms with E-state index < -0.39 is 21.2 Å². The van der Waals surface area contributed by atoms with Gasteiger partial charge < -0.3 is 14.8 Å². The van der Waals surface area contributed by atoms with Crippen molar-refractivity contribution in [3.63, 3.8) is 0 Å². The predicted octanol–water partition coefficient (Wildman–Crippen LogP) is 5.41. The number of rotatable bonds is 11. The van der Waals surface area contributed by atoms with Gasteiger partial charge in [0.05, 0.1) is 35.3 Å². The number of carbonyl (C=O) groups excluding carboxylic acids is 1. The van der Waals surface area contributed by atoms with E-state index in [2.05, 4.69) is 15.8 Å². The Morgan fingerprint density at radius 3 is 2.46 bits per heavy atom. The Balaban J connectivity index is 1.42. The van der Waals surface area contributed by atoms with E-state index in [1.165, 1.54) is 12.3 Å². The van der Waals surface area contributed by atoms with Crippen molar-refractivity contribution < 1.29 is 24.1 Å². The largest absolute Gasteiger partial charge is 0.490 e. The second-order valence-electron chi connectivity index (χ2n) is 8.08. The standard InChI is InChI=1S/C27H23N5O7/c1-2-38-26-14-18(10-12-25(26)39-24-13-11-20(31(34)35)15-23(24)32(36)37)16-29-30-27(33)17-28-22-9-5-7-19-6-3-4-8-21(19)22/h3-16,28H,2,17H2,1H3,(H,30,33). The molecule has 0 atom stereocenters. The molecule has 0 fully saturated rings. The van der Waals surface area contributed by atoms with E-state index in [1.807, 2.05) is 42.5 Å². The summed E-state index contributed by atoms with van der Waals surface area (Å²) >= 11 is 0. The molecule has 0 aliphatic heterocycles. The maximum Gasteiger partial charge on any atom is 0.318 e. The quantitative estimate of drug-likeness (QED) is 0.148. The topological polar surface area (TPSA) is 158 Å². The van der Waals surface area contributed by atoms with Crippen LogP contribution in [-0.4, -0.2) is 35.1 Å². The van der Waals surface area contributed by atoms with Gasteiger partial charge in [-0.05, 0) is 48.2 Å². The Morgan fingerprint density at radius 1 is 0.923 bits per heavy atom. The van der Waals surface area contributed by atoms with Gasteiger partial charge >= 0.3 is 5.69 Å². The molecule has 0 radical (unpaired) electrons. The SMILES string of the molecule is CCOc1cc(C=NNC(=O)CNc2cccc3ccccc23)ccc1Oc1ccc([N+](=O)[O-])cc1[N+](=O)[O-]. The van der Waals surface area contributed by atoms with Crippen LogP contribution in [0.15, 0.2) is 84.0 Å². The Morgan fingerprint density at radius 2 is 1.69 bits per heavy atom. The Labute approximate surface area is 222 Å². The molecule has 0 saturated heterocycles. The van der Waals surface area contributed by atoms with E-state index >= 15 is 0 Å².